The number of hydrogen-bond acceptors (Lipinski definition) is 3. The lowest BCUT2D eigenvalue weighted by atomic mass is 10.3. The Bertz CT molecular complexity index is 424. The van der Waals surface area contributed by atoms with Crippen molar-refractivity contribution in [1.29, 1.82) is 0 Å². The van der Waals surface area contributed by atoms with Gasteiger partial charge in [0.2, 0.25) is 0 Å². The van der Waals surface area contributed by atoms with Gasteiger partial charge in [-0.05, 0) is 26.0 Å². The SMILES string of the molecule is CC.Cc1ccc2ncnc(C)c2n1. The molecule has 0 saturated carbocycles. The minimum absolute atomic E-state index is 0.900. The van der Waals surface area contributed by atoms with Crippen LogP contribution in [-0.4, -0.2) is 15.0 Å². The van der Waals surface area contributed by atoms with Crippen molar-refractivity contribution in [2.45, 2.75) is 27.7 Å². The molecule has 0 fully saturated rings. The van der Waals surface area contributed by atoms with Gasteiger partial charge in [-0.3, -0.25) is 0 Å². The second-order valence-electron chi connectivity index (χ2n) is 2.78. The lowest BCUT2D eigenvalue weighted by molar-refractivity contribution is 1.11. The average Bonchev–Trinajstić information content (AvgIpc) is 2.22. The van der Waals surface area contributed by atoms with Crippen molar-refractivity contribution in [3.63, 3.8) is 0 Å². The number of fused-ring (bicyclic) bond motifs is 1. The second-order valence-corrected chi connectivity index (χ2v) is 2.78. The smallest absolute Gasteiger partial charge is 0.116 e. The van der Waals surface area contributed by atoms with E-state index >= 15 is 0 Å². The zero-order chi connectivity index (χ0) is 10.6. The first-order chi connectivity index (χ1) is 6.77. The van der Waals surface area contributed by atoms with Gasteiger partial charge in [0.25, 0.3) is 0 Å². The van der Waals surface area contributed by atoms with E-state index in [1.807, 2.05) is 39.8 Å². The summed E-state index contributed by atoms with van der Waals surface area (Å²) in [6.45, 7) is 7.91. The molecule has 14 heavy (non-hydrogen) atoms. The predicted octanol–water partition coefficient (Wildman–Crippen LogP) is 2.67. The number of rotatable bonds is 0. The Kier molecular flexibility index (Phi) is 3.51. The third kappa shape index (κ3) is 2.05. The molecule has 0 bridgehead atoms. The molecule has 0 N–H and O–H groups in total. The van der Waals surface area contributed by atoms with Crippen molar-refractivity contribution in [3.8, 4) is 0 Å². The molecule has 2 rings (SSSR count). The van der Waals surface area contributed by atoms with Gasteiger partial charge in [-0.2, -0.15) is 0 Å². The van der Waals surface area contributed by atoms with Crippen molar-refractivity contribution < 1.29 is 0 Å². The van der Waals surface area contributed by atoms with Gasteiger partial charge in [0.05, 0.1) is 11.2 Å². The number of aryl methyl sites for hydroxylation is 2. The molecular formula is C11H15N3. The summed E-state index contributed by atoms with van der Waals surface area (Å²) in [5.41, 5.74) is 3.75. The summed E-state index contributed by atoms with van der Waals surface area (Å²) in [4.78, 5) is 12.5. The summed E-state index contributed by atoms with van der Waals surface area (Å²) in [7, 11) is 0. The molecule has 2 aromatic heterocycles. The molecule has 0 atom stereocenters. The second kappa shape index (κ2) is 4.65. The third-order valence-corrected chi connectivity index (χ3v) is 1.80. The summed E-state index contributed by atoms with van der Waals surface area (Å²) >= 11 is 0. The van der Waals surface area contributed by atoms with Crippen LogP contribution in [0, 0.1) is 13.8 Å². The molecule has 0 aliphatic heterocycles. The third-order valence-electron chi connectivity index (χ3n) is 1.80. The molecule has 0 radical (unpaired) electrons. The van der Waals surface area contributed by atoms with Gasteiger partial charge in [0.1, 0.15) is 11.8 Å². The van der Waals surface area contributed by atoms with Gasteiger partial charge in [0, 0.05) is 5.69 Å². The molecule has 0 unspecified atom stereocenters. The minimum atomic E-state index is 0.900. The van der Waals surface area contributed by atoms with E-state index in [0.29, 0.717) is 0 Å². The molecule has 0 aliphatic carbocycles. The Balaban J connectivity index is 0.000000461. The van der Waals surface area contributed by atoms with Gasteiger partial charge in [-0.1, -0.05) is 13.8 Å². The fourth-order valence-electron chi connectivity index (χ4n) is 1.16. The molecule has 0 saturated heterocycles. The van der Waals surface area contributed by atoms with Crippen LogP contribution >= 0.6 is 0 Å². The van der Waals surface area contributed by atoms with Gasteiger partial charge < -0.3 is 0 Å². The minimum Gasteiger partial charge on any atom is -0.250 e. The largest absolute Gasteiger partial charge is 0.250 e. The molecule has 74 valence electrons. The number of aromatic nitrogens is 3. The first-order valence-electron chi connectivity index (χ1n) is 4.82. The molecule has 0 amide bonds. The number of pyridine rings is 1. The van der Waals surface area contributed by atoms with Crippen LogP contribution in [0.25, 0.3) is 11.0 Å². The Labute approximate surface area is 84.2 Å². The fraction of sp³-hybridized carbons (Fsp3) is 0.364. The van der Waals surface area contributed by atoms with Crippen LogP contribution in [0.4, 0.5) is 0 Å². The Morgan fingerprint density at radius 3 is 2.43 bits per heavy atom. The monoisotopic (exact) mass is 189 g/mol. The van der Waals surface area contributed by atoms with E-state index in [1.165, 1.54) is 0 Å². The van der Waals surface area contributed by atoms with E-state index in [1.54, 1.807) is 6.33 Å². The molecule has 0 aliphatic rings. The summed E-state index contributed by atoms with van der Waals surface area (Å²) in [6, 6.07) is 3.92. The summed E-state index contributed by atoms with van der Waals surface area (Å²) in [6.07, 6.45) is 1.56. The lowest BCUT2D eigenvalue weighted by Crippen LogP contribution is -1.91. The highest BCUT2D eigenvalue weighted by Crippen LogP contribution is 2.10. The zero-order valence-electron chi connectivity index (χ0n) is 9.07. The number of nitrogens with zero attached hydrogens (tertiary/aromatic N) is 3. The maximum atomic E-state index is 4.35. The van der Waals surface area contributed by atoms with E-state index in [9.17, 15) is 0 Å². The van der Waals surface area contributed by atoms with Gasteiger partial charge in [-0.15, -0.1) is 0 Å². The van der Waals surface area contributed by atoms with Crippen molar-refractivity contribution in [2.75, 3.05) is 0 Å². The fourth-order valence-corrected chi connectivity index (χ4v) is 1.16. The van der Waals surface area contributed by atoms with Crippen LogP contribution in [-0.2, 0) is 0 Å². The maximum absolute atomic E-state index is 4.35. The van der Waals surface area contributed by atoms with Crippen molar-refractivity contribution in [2.24, 2.45) is 0 Å². The molecular weight excluding hydrogens is 174 g/mol. The summed E-state index contributed by atoms with van der Waals surface area (Å²) in [5, 5.41) is 0. The van der Waals surface area contributed by atoms with Crippen molar-refractivity contribution in [3.05, 3.63) is 29.8 Å². The molecule has 2 aromatic rings. The van der Waals surface area contributed by atoms with E-state index < -0.39 is 0 Å². The molecule has 3 heteroatoms. The highest BCUT2D eigenvalue weighted by molar-refractivity contribution is 5.75. The standard InChI is InChI=1S/C9H9N3.C2H6/c1-6-3-4-8-9(12-6)7(2)10-5-11-8;1-2/h3-5H,1-2H3;1-2H3. The molecule has 2 heterocycles. The van der Waals surface area contributed by atoms with Crippen LogP contribution in [0.3, 0.4) is 0 Å². The first-order valence-corrected chi connectivity index (χ1v) is 4.82. The Morgan fingerprint density at radius 2 is 1.71 bits per heavy atom. The highest BCUT2D eigenvalue weighted by Gasteiger charge is 1.99. The maximum Gasteiger partial charge on any atom is 0.116 e. The Morgan fingerprint density at radius 1 is 1.00 bits per heavy atom. The van der Waals surface area contributed by atoms with Gasteiger partial charge in [0.15, 0.2) is 0 Å². The first kappa shape index (κ1) is 10.6. The van der Waals surface area contributed by atoms with Gasteiger partial charge >= 0.3 is 0 Å². The predicted molar refractivity (Wildman–Crippen MR) is 58.2 cm³/mol. The van der Waals surface area contributed by atoms with E-state index in [-0.39, 0.29) is 0 Å². The molecule has 0 spiro atoms. The van der Waals surface area contributed by atoms with Crippen LogP contribution < -0.4 is 0 Å². The summed E-state index contributed by atoms with van der Waals surface area (Å²) < 4.78 is 0. The van der Waals surface area contributed by atoms with Crippen LogP contribution in [0.5, 0.6) is 0 Å². The quantitative estimate of drug-likeness (QED) is 0.639. The zero-order valence-corrected chi connectivity index (χ0v) is 9.07. The summed E-state index contributed by atoms with van der Waals surface area (Å²) in [5.74, 6) is 0. The van der Waals surface area contributed by atoms with Crippen LogP contribution in [0.15, 0.2) is 18.5 Å². The topological polar surface area (TPSA) is 38.7 Å². The number of hydrogen-bond donors (Lipinski definition) is 0. The Hall–Kier alpha value is -1.51. The van der Waals surface area contributed by atoms with Crippen molar-refractivity contribution in [1.82, 2.24) is 15.0 Å². The normalized spacial score (nSPS) is 9.43. The molecule has 0 aromatic carbocycles. The van der Waals surface area contributed by atoms with Crippen molar-refractivity contribution >= 4 is 11.0 Å². The van der Waals surface area contributed by atoms with E-state index in [0.717, 1.165) is 22.4 Å². The van der Waals surface area contributed by atoms with Crippen LogP contribution in [0.1, 0.15) is 25.2 Å². The average molecular weight is 189 g/mol. The molecule has 3 nitrogen and oxygen atoms in total. The van der Waals surface area contributed by atoms with E-state index in [2.05, 4.69) is 15.0 Å². The van der Waals surface area contributed by atoms with E-state index in [4.69, 9.17) is 0 Å². The van der Waals surface area contributed by atoms with Crippen LogP contribution in [0.2, 0.25) is 0 Å². The van der Waals surface area contributed by atoms with Gasteiger partial charge in [-0.25, -0.2) is 15.0 Å². The highest BCUT2D eigenvalue weighted by atomic mass is 14.9. The lowest BCUT2D eigenvalue weighted by Gasteiger charge is -1.99.